The van der Waals surface area contributed by atoms with E-state index in [1.54, 1.807) is 25.3 Å². The van der Waals surface area contributed by atoms with E-state index in [0.717, 1.165) is 29.7 Å². The van der Waals surface area contributed by atoms with Crippen LogP contribution in [0.1, 0.15) is 31.4 Å². The molecule has 0 aliphatic carbocycles. The Morgan fingerprint density at radius 1 is 1.06 bits per heavy atom. The van der Waals surface area contributed by atoms with E-state index >= 15 is 0 Å². The summed E-state index contributed by atoms with van der Waals surface area (Å²) in [4.78, 5) is 39.1. The number of carbonyl (C=O) groups excluding carboxylic acids is 3. The van der Waals surface area contributed by atoms with Crippen LogP contribution in [0.5, 0.6) is 11.5 Å². The molecule has 1 saturated heterocycles. The average Bonchev–Trinajstić information content (AvgIpc) is 3.23. The minimum Gasteiger partial charge on any atom is -0.497 e. The van der Waals surface area contributed by atoms with Gasteiger partial charge in [0.2, 0.25) is 5.91 Å². The minimum atomic E-state index is -0.661. The number of nitrogens with one attached hydrogen (secondary N) is 1. The molecule has 1 fully saturated rings. The number of rotatable bonds is 9. The lowest BCUT2D eigenvalue weighted by atomic mass is 10.0. The number of anilines is 2. The summed E-state index contributed by atoms with van der Waals surface area (Å²) in [5.74, 6) is -0.789. The van der Waals surface area contributed by atoms with Gasteiger partial charge >= 0.3 is 5.97 Å². The second kappa shape index (κ2) is 10.8. The first kappa shape index (κ1) is 24.1. The first-order valence-corrected chi connectivity index (χ1v) is 11.0. The summed E-state index contributed by atoms with van der Waals surface area (Å²) < 4.78 is 15.8. The number of nitrogens with zero attached hydrogens (tertiary/aromatic N) is 1. The molecule has 0 spiro atoms. The van der Waals surface area contributed by atoms with Gasteiger partial charge < -0.3 is 24.4 Å². The predicted octanol–water partition coefficient (Wildman–Crippen LogP) is 3.36. The smallest absolute Gasteiger partial charge is 0.311 e. The van der Waals surface area contributed by atoms with Gasteiger partial charge in [0.15, 0.2) is 6.61 Å². The number of para-hydroxylation sites is 1. The molecule has 8 nitrogen and oxygen atoms in total. The lowest BCUT2D eigenvalue weighted by Gasteiger charge is -2.20. The molecule has 2 amide bonds. The maximum absolute atomic E-state index is 12.6. The molecule has 1 aliphatic heterocycles. The summed E-state index contributed by atoms with van der Waals surface area (Å²) >= 11 is 0. The number of aryl methyl sites for hydroxylation is 2. The molecule has 1 N–H and O–H groups in total. The Balaban J connectivity index is 1.61. The van der Waals surface area contributed by atoms with Crippen molar-refractivity contribution in [1.29, 1.82) is 0 Å². The Morgan fingerprint density at radius 3 is 2.36 bits per heavy atom. The van der Waals surface area contributed by atoms with Crippen LogP contribution in [0.4, 0.5) is 11.4 Å². The Bertz CT molecular complexity index is 1010. The molecular weight excluding hydrogens is 424 g/mol. The average molecular weight is 455 g/mol. The molecule has 2 aromatic carbocycles. The van der Waals surface area contributed by atoms with Crippen LogP contribution in [0.25, 0.3) is 0 Å². The van der Waals surface area contributed by atoms with E-state index in [4.69, 9.17) is 14.2 Å². The number of esters is 1. The molecule has 8 heteroatoms. The molecule has 1 heterocycles. The molecule has 0 bridgehead atoms. The fourth-order valence-corrected chi connectivity index (χ4v) is 3.94. The number of hydrogen-bond donors (Lipinski definition) is 1. The van der Waals surface area contributed by atoms with Gasteiger partial charge in [0.1, 0.15) is 11.5 Å². The maximum Gasteiger partial charge on any atom is 0.311 e. The number of hydrogen-bond acceptors (Lipinski definition) is 6. The molecule has 176 valence electrons. The highest BCUT2D eigenvalue weighted by molar-refractivity contribution is 6.01. The number of amides is 2. The molecule has 0 aromatic heterocycles. The zero-order valence-electron chi connectivity index (χ0n) is 19.5. The van der Waals surface area contributed by atoms with Gasteiger partial charge in [0, 0.05) is 24.7 Å². The van der Waals surface area contributed by atoms with E-state index in [2.05, 4.69) is 5.32 Å². The fourth-order valence-electron chi connectivity index (χ4n) is 3.94. The Kier molecular flexibility index (Phi) is 7.92. The maximum atomic E-state index is 12.6. The molecule has 0 unspecified atom stereocenters. The van der Waals surface area contributed by atoms with E-state index in [1.807, 2.05) is 32.0 Å². The lowest BCUT2D eigenvalue weighted by molar-refractivity contribution is -0.151. The molecule has 0 radical (unpaired) electrons. The van der Waals surface area contributed by atoms with Gasteiger partial charge in [0.25, 0.3) is 5.91 Å². The van der Waals surface area contributed by atoms with Gasteiger partial charge in [-0.3, -0.25) is 14.4 Å². The number of benzene rings is 2. The third kappa shape index (κ3) is 5.45. The number of carbonyl (C=O) groups is 3. The van der Waals surface area contributed by atoms with Crippen molar-refractivity contribution in [3.8, 4) is 11.5 Å². The van der Waals surface area contributed by atoms with Crippen molar-refractivity contribution in [1.82, 2.24) is 0 Å². The summed E-state index contributed by atoms with van der Waals surface area (Å²) in [7, 11) is 3.05. The van der Waals surface area contributed by atoms with Crippen LogP contribution < -0.4 is 19.7 Å². The molecule has 2 aromatic rings. The third-order valence-corrected chi connectivity index (χ3v) is 5.74. The van der Waals surface area contributed by atoms with E-state index < -0.39 is 24.4 Å². The summed E-state index contributed by atoms with van der Waals surface area (Å²) in [6, 6.07) is 11.0. The van der Waals surface area contributed by atoms with Crippen LogP contribution in [0.15, 0.2) is 36.4 Å². The van der Waals surface area contributed by atoms with Crippen molar-refractivity contribution >= 4 is 29.2 Å². The van der Waals surface area contributed by atoms with Crippen molar-refractivity contribution in [2.24, 2.45) is 5.92 Å². The Hall–Kier alpha value is -3.55. The van der Waals surface area contributed by atoms with Crippen LogP contribution in [-0.2, 0) is 32.0 Å². The first-order valence-electron chi connectivity index (χ1n) is 11.0. The van der Waals surface area contributed by atoms with Gasteiger partial charge in [-0.05, 0) is 36.1 Å². The lowest BCUT2D eigenvalue weighted by Crippen LogP contribution is -2.28. The quantitative estimate of drug-likeness (QED) is 0.584. The van der Waals surface area contributed by atoms with Gasteiger partial charge in [-0.2, -0.15) is 0 Å². The molecule has 0 saturated carbocycles. The first-order chi connectivity index (χ1) is 15.9. The van der Waals surface area contributed by atoms with Crippen molar-refractivity contribution in [2.45, 2.75) is 33.1 Å². The van der Waals surface area contributed by atoms with Crippen LogP contribution in [0.3, 0.4) is 0 Å². The highest BCUT2D eigenvalue weighted by Gasteiger charge is 2.37. The second-order valence-electron chi connectivity index (χ2n) is 7.76. The van der Waals surface area contributed by atoms with E-state index in [0.29, 0.717) is 17.2 Å². The second-order valence-corrected chi connectivity index (χ2v) is 7.76. The zero-order chi connectivity index (χ0) is 24.0. The SMILES string of the molecule is CCc1cccc(CC)c1NC(=O)COC(=O)[C@H]1CC(=O)N(c2ccc(OC)cc2OC)C1. The monoisotopic (exact) mass is 454 g/mol. The van der Waals surface area contributed by atoms with Crippen LogP contribution in [-0.4, -0.2) is 45.2 Å². The third-order valence-electron chi connectivity index (χ3n) is 5.74. The van der Waals surface area contributed by atoms with Crippen LogP contribution in [0.2, 0.25) is 0 Å². The van der Waals surface area contributed by atoms with Crippen molar-refractivity contribution < 1.29 is 28.6 Å². The molecule has 1 aliphatic rings. The topological polar surface area (TPSA) is 94.2 Å². The number of methoxy groups -OCH3 is 2. The fraction of sp³-hybridized carbons (Fsp3) is 0.400. The predicted molar refractivity (Wildman–Crippen MR) is 125 cm³/mol. The highest BCUT2D eigenvalue weighted by Crippen LogP contribution is 2.36. The molecule has 1 atom stereocenters. The highest BCUT2D eigenvalue weighted by atomic mass is 16.5. The van der Waals surface area contributed by atoms with Crippen molar-refractivity contribution in [2.75, 3.05) is 37.6 Å². The number of ether oxygens (including phenoxy) is 3. The molecular formula is C25H30N2O6. The van der Waals surface area contributed by atoms with Crippen molar-refractivity contribution in [3.05, 3.63) is 47.5 Å². The Morgan fingerprint density at radius 2 is 1.76 bits per heavy atom. The summed E-state index contributed by atoms with van der Waals surface area (Å²) in [5, 5.41) is 2.87. The van der Waals surface area contributed by atoms with Gasteiger partial charge in [-0.25, -0.2) is 0 Å². The minimum absolute atomic E-state index is 0.00822. The largest absolute Gasteiger partial charge is 0.497 e. The van der Waals surface area contributed by atoms with Crippen LogP contribution >= 0.6 is 0 Å². The summed E-state index contributed by atoms with van der Waals surface area (Å²) in [6.07, 6.45) is 1.56. The van der Waals surface area contributed by atoms with Crippen molar-refractivity contribution in [3.63, 3.8) is 0 Å². The standard InChI is InChI=1S/C25H30N2O6/c1-5-16-8-7-9-17(6-2)24(16)26-22(28)15-33-25(30)18-12-23(29)27(14-18)20-11-10-19(31-3)13-21(20)32-4/h7-11,13,18H,5-6,12,14-15H2,1-4H3,(H,26,28)/t18-/m0/s1. The van der Waals surface area contributed by atoms with E-state index in [-0.39, 0.29) is 18.9 Å². The van der Waals surface area contributed by atoms with E-state index in [1.165, 1.54) is 12.0 Å². The molecule has 3 rings (SSSR count). The molecule has 33 heavy (non-hydrogen) atoms. The normalized spacial score (nSPS) is 15.3. The van der Waals surface area contributed by atoms with Gasteiger partial charge in [-0.1, -0.05) is 32.0 Å². The Labute approximate surface area is 193 Å². The zero-order valence-corrected chi connectivity index (χ0v) is 19.5. The summed E-state index contributed by atoms with van der Waals surface area (Å²) in [6.45, 7) is 3.79. The van der Waals surface area contributed by atoms with Gasteiger partial charge in [-0.15, -0.1) is 0 Å². The van der Waals surface area contributed by atoms with Gasteiger partial charge in [0.05, 0.1) is 25.8 Å². The summed E-state index contributed by atoms with van der Waals surface area (Å²) in [5.41, 5.74) is 3.39. The van der Waals surface area contributed by atoms with E-state index in [9.17, 15) is 14.4 Å². The van der Waals surface area contributed by atoms with Crippen LogP contribution in [0, 0.1) is 5.92 Å².